The number of carbonyl (C=O) groups excluding carboxylic acids is 2. The highest BCUT2D eigenvalue weighted by atomic mass is 32.1. The van der Waals surface area contributed by atoms with Gasteiger partial charge in [-0.3, -0.25) is 4.79 Å². The molecule has 32 heavy (non-hydrogen) atoms. The van der Waals surface area contributed by atoms with Crippen LogP contribution in [0.3, 0.4) is 0 Å². The van der Waals surface area contributed by atoms with Crippen LogP contribution in [-0.4, -0.2) is 42.3 Å². The molecule has 0 saturated carbocycles. The molecule has 6 heteroatoms. The van der Waals surface area contributed by atoms with Crippen LogP contribution < -0.4 is 0 Å². The summed E-state index contributed by atoms with van der Waals surface area (Å²) in [6, 6.07) is 19.8. The predicted molar refractivity (Wildman–Crippen MR) is 126 cm³/mol. The Kier molecular flexibility index (Phi) is 7.02. The second-order valence-electron chi connectivity index (χ2n) is 7.92. The van der Waals surface area contributed by atoms with Crippen LogP contribution in [0.25, 0.3) is 11.1 Å². The summed E-state index contributed by atoms with van der Waals surface area (Å²) >= 11 is 1.73. The van der Waals surface area contributed by atoms with Crippen molar-refractivity contribution in [3.05, 3.63) is 82.0 Å². The predicted octanol–water partition coefficient (Wildman–Crippen LogP) is 5.26. The number of aryl methyl sites for hydroxylation is 1. The Hall–Kier alpha value is -2.96. The highest BCUT2D eigenvalue weighted by Gasteiger charge is 2.41. The lowest BCUT2D eigenvalue weighted by Gasteiger charge is -2.25. The largest absolute Gasteiger partial charge is 0.447 e. The van der Waals surface area contributed by atoms with Gasteiger partial charge in [-0.05, 0) is 54.0 Å². The zero-order chi connectivity index (χ0) is 22.5. The van der Waals surface area contributed by atoms with E-state index in [1.54, 1.807) is 11.3 Å². The van der Waals surface area contributed by atoms with Gasteiger partial charge in [0.2, 0.25) is 0 Å². The smallest absolute Gasteiger partial charge is 0.417 e. The third-order valence-corrected chi connectivity index (χ3v) is 6.46. The fourth-order valence-corrected chi connectivity index (χ4v) is 4.69. The van der Waals surface area contributed by atoms with Gasteiger partial charge < -0.3 is 9.47 Å². The van der Waals surface area contributed by atoms with Crippen molar-refractivity contribution in [2.45, 2.75) is 38.8 Å². The molecule has 0 aliphatic carbocycles. The van der Waals surface area contributed by atoms with E-state index < -0.39 is 12.2 Å². The number of imide groups is 1. The second-order valence-corrected chi connectivity index (χ2v) is 9.04. The first-order valence-electron chi connectivity index (χ1n) is 10.8. The van der Waals surface area contributed by atoms with Crippen LogP contribution in [0, 0.1) is 6.92 Å². The minimum absolute atomic E-state index is 0.201. The molecule has 4 rings (SSSR count). The molecule has 2 unspecified atom stereocenters. The van der Waals surface area contributed by atoms with Gasteiger partial charge >= 0.3 is 6.09 Å². The van der Waals surface area contributed by atoms with Crippen molar-refractivity contribution in [1.29, 1.82) is 0 Å². The molecule has 0 bridgehead atoms. The molecule has 166 valence electrons. The summed E-state index contributed by atoms with van der Waals surface area (Å²) in [7, 11) is 0. The number of ether oxygens (including phenoxy) is 2. The normalized spacial score (nSPS) is 16.8. The summed E-state index contributed by atoms with van der Waals surface area (Å²) in [5.41, 5.74) is 4.38. The van der Waals surface area contributed by atoms with Gasteiger partial charge in [-0.1, -0.05) is 54.6 Å². The molecule has 5 nitrogen and oxygen atoms in total. The zero-order valence-corrected chi connectivity index (χ0v) is 19.1. The Labute approximate surface area is 192 Å². The number of hydrogen-bond donors (Lipinski definition) is 0. The minimum Gasteiger partial charge on any atom is -0.447 e. The maximum atomic E-state index is 13.3. The van der Waals surface area contributed by atoms with Crippen LogP contribution in [0.2, 0.25) is 0 Å². The summed E-state index contributed by atoms with van der Waals surface area (Å²) in [6.45, 7) is 4.53. The van der Waals surface area contributed by atoms with Crippen LogP contribution in [0.4, 0.5) is 4.79 Å². The number of nitrogens with zero attached hydrogens (tertiary/aromatic N) is 1. The van der Waals surface area contributed by atoms with Crippen LogP contribution in [0.1, 0.15) is 22.9 Å². The van der Waals surface area contributed by atoms with Gasteiger partial charge in [0, 0.05) is 17.9 Å². The molecule has 2 aromatic carbocycles. The average molecular weight is 450 g/mol. The first kappa shape index (κ1) is 22.2. The van der Waals surface area contributed by atoms with E-state index >= 15 is 0 Å². The molecule has 1 aliphatic heterocycles. The third kappa shape index (κ3) is 5.09. The Morgan fingerprint density at radius 2 is 1.88 bits per heavy atom. The monoisotopic (exact) mass is 449 g/mol. The number of amides is 2. The van der Waals surface area contributed by atoms with E-state index in [9.17, 15) is 9.59 Å². The Balaban J connectivity index is 1.48. The molecule has 3 aromatic rings. The van der Waals surface area contributed by atoms with Crippen molar-refractivity contribution in [2.24, 2.45) is 0 Å². The number of benzene rings is 2. The topological polar surface area (TPSA) is 55.8 Å². The molecular formula is C26H27NO4S. The quantitative estimate of drug-likeness (QED) is 0.471. The molecular weight excluding hydrogens is 422 g/mol. The van der Waals surface area contributed by atoms with Crippen molar-refractivity contribution in [3.63, 3.8) is 0 Å². The maximum Gasteiger partial charge on any atom is 0.417 e. The van der Waals surface area contributed by atoms with E-state index in [4.69, 9.17) is 9.47 Å². The summed E-state index contributed by atoms with van der Waals surface area (Å²) in [6.07, 6.45) is -0.370. The fourth-order valence-electron chi connectivity index (χ4n) is 3.98. The van der Waals surface area contributed by atoms with Gasteiger partial charge in [-0.2, -0.15) is 0 Å². The van der Waals surface area contributed by atoms with Crippen LogP contribution in [0.15, 0.2) is 66.0 Å². The standard InChI is InChI=1S/C26H27NO4S/c1-3-30-24(15-20-9-11-21(12-10-20)22-13-18(2)32-17-22)25(28)27-23(16-31-26(27)29)14-19-7-5-4-6-8-19/h4-13,17,23-24H,3,14-16H2,1-2H3. The molecule has 2 atom stereocenters. The minimum atomic E-state index is -0.738. The lowest BCUT2D eigenvalue weighted by molar-refractivity contribution is -0.141. The van der Waals surface area contributed by atoms with Gasteiger partial charge in [-0.15, -0.1) is 11.3 Å². The van der Waals surface area contributed by atoms with Gasteiger partial charge in [-0.25, -0.2) is 9.69 Å². The zero-order valence-electron chi connectivity index (χ0n) is 18.3. The summed E-state index contributed by atoms with van der Waals surface area (Å²) in [4.78, 5) is 28.3. The van der Waals surface area contributed by atoms with Crippen LogP contribution >= 0.6 is 11.3 Å². The Morgan fingerprint density at radius 3 is 2.53 bits per heavy atom. The van der Waals surface area contributed by atoms with E-state index in [0.29, 0.717) is 19.4 Å². The fraction of sp³-hybridized carbons (Fsp3) is 0.308. The summed E-state index contributed by atoms with van der Waals surface area (Å²) < 4.78 is 11.0. The molecule has 0 radical (unpaired) electrons. The first-order chi connectivity index (χ1) is 15.5. The van der Waals surface area contributed by atoms with Gasteiger partial charge in [0.25, 0.3) is 5.91 Å². The maximum absolute atomic E-state index is 13.3. The number of rotatable bonds is 8. The average Bonchev–Trinajstić information content (AvgIpc) is 3.39. The molecule has 0 spiro atoms. The highest BCUT2D eigenvalue weighted by molar-refractivity contribution is 7.10. The number of thiophene rings is 1. The van der Waals surface area contributed by atoms with E-state index in [-0.39, 0.29) is 18.6 Å². The van der Waals surface area contributed by atoms with Crippen molar-refractivity contribution in [1.82, 2.24) is 4.90 Å². The van der Waals surface area contributed by atoms with Crippen molar-refractivity contribution in [3.8, 4) is 11.1 Å². The van der Waals surface area contributed by atoms with Crippen LogP contribution in [0.5, 0.6) is 0 Å². The van der Waals surface area contributed by atoms with Gasteiger partial charge in [0.05, 0.1) is 6.04 Å². The number of carbonyl (C=O) groups is 2. The summed E-state index contributed by atoms with van der Waals surface area (Å²) in [5, 5.41) is 2.14. The molecule has 1 aromatic heterocycles. The summed E-state index contributed by atoms with van der Waals surface area (Å²) in [5.74, 6) is -0.340. The lowest BCUT2D eigenvalue weighted by atomic mass is 10.0. The van der Waals surface area contributed by atoms with Crippen LogP contribution in [-0.2, 0) is 27.1 Å². The Bertz CT molecular complexity index is 1060. The molecule has 0 N–H and O–H groups in total. The lowest BCUT2D eigenvalue weighted by Crippen LogP contribution is -2.47. The van der Waals surface area contributed by atoms with Gasteiger partial charge in [0.1, 0.15) is 12.7 Å². The van der Waals surface area contributed by atoms with E-state index in [1.165, 1.54) is 15.3 Å². The molecule has 1 aliphatic rings. The van der Waals surface area contributed by atoms with Gasteiger partial charge in [0.15, 0.2) is 0 Å². The van der Waals surface area contributed by atoms with E-state index in [2.05, 4.69) is 30.5 Å². The van der Waals surface area contributed by atoms with Crippen molar-refractivity contribution in [2.75, 3.05) is 13.2 Å². The number of hydrogen-bond acceptors (Lipinski definition) is 5. The third-order valence-electron chi connectivity index (χ3n) is 5.59. The second kappa shape index (κ2) is 10.1. The molecule has 2 amide bonds. The highest BCUT2D eigenvalue weighted by Crippen LogP contribution is 2.26. The Morgan fingerprint density at radius 1 is 1.12 bits per heavy atom. The first-order valence-corrected chi connectivity index (χ1v) is 11.7. The molecule has 1 saturated heterocycles. The van der Waals surface area contributed by atoms with E-state index in [0.717, 1.165) is 16.7 Å². The van der Waals surface area contributed by atoms with Crippen molar-refractivity contribution < 1.29 is 19.1 Å². The number of cyclic esters (lactones) is 1. The molecule has 1 fully saturated rings. The van der Waals surface area contributed by atoms with E-state index in [1.807, 2.05) is 49.4 Å². The molecule has 2 heterocycles. The SMILES string of the molecule is CCOC(Cc1ccc(-c2csc(C)c2)cc1)C(=O)N1C(=O)OCC1Cc1ccccc1. The van der Waals surface area contributed by atoms with Crippen molar-refractivity contribution >= 4 is 23.3 Å².